The van der Waals surface area contributed by atoms with E-state index in [4.69, 9.17) is 11.6 Å². The molecule has 2 N–H and O–H groups in total. The van der Waals surface area contributed by atoms with Crippen molar-refractivity contribution in [3.8, 4) is 0 Å². The molecular formula is C14H14ClFN4O. The third-order valence-corrected chi connectivity index (χ3v) is 2.99. The smallest absolute Gasteiger partial charge is 0.252 e. The van der Waals surface area contributed by atoms with Crippen molar-refractivity contribution in [2.45, 2.75) is 19.8 Å². The number of hydrogen-bond acceptors (Lipinski definition) is 4. The number of nitrogens with one attached hydrogen (secondary N) is 2. The zero-order valence-corrected chi connectivity index (χ0v) is 12.1. The summed E-state index contributed by atoms with van der Waals surface area (Å²) in [6, 6.07) is 5.80. The molecule has 0 amide bonds. The zero-order chi connectivity index (χ0) is 15.2. The lowest BCUT2D eigenvalue weighted by Gasteiger charge is -2.03. The molecule has 2 aromatic rings. The molecule has 1 aromatic carbocycles. The van der Waals surface area contributed by atoms with Crippen LogP contribution in [0.25, 0.3) is 0 Å². The van der Waals surface area contributed by atoms with Gasteiger partial charge in [-0.05, 0) is 18.6 Å². The molecule has 0 aliphatic carbocycles. The highest BCUT2D eigenvalue weighted by atomic mass is 35.5. The molecule has 0 spiro atoms. The molecule has 1 aromatic heterocycles. The van der Waals surface area contributed by atoms with E-state index in [2.05, 4.69) is 20.5 Å². The second-order valence-electron chi connectivity index (χ2n) is 4.34. The molecular weight excluding hydrogens is 295 g/mol. The van der Waals surface area contributed by atoms with Gasteiger partial charge in [-0.25, -0.2) is 14.8 Å². The molecule has 2 rings (SSSR count). The number of hydrazone groups is 1. The van der Waals surface area contributed by atoms with Gasteiger partial charge in [0, 0.05) is 17.3 Å². The van der Waals surface area contributed by atoms with Gasteiger partial charge < -0.3 is 0 Å². The van der Waals surface area contributed by atoms with Crippen LogP contribution in [0.4, 0.5) is 10.3 Å². The first-order valence-electron chi connectivity index (χ1n) is 6.43. The quantitative estimate of drug-likeness (QED) is 0.659. The number of rotatable bonds is 5. The van der Waals surface area contributed by atoms with Crippen LogP contribution < -0.4 is 11.0 Å². The summed E-state index contributed by atoms with van der Waals surface area (Å²) in [4.78, 5) is 18.2. The SMILES string of the molecule is CCCc1cc(=O)[nH]c(N/N=C/c2c(F)cccc2Cl)n1. The monoisotopic (exact) mass is 308 g/mol. The molecule has 0 bridgehead atoms. The molecule has 0 fully saturated rings. The van der Waals surface area contributed by atoms with Crippen molar-refractivity contribution in [3.63, 3.8) is 0 Å². The summed E-state index contributed by atoms with van der Waals surface area (Å²) in [5.41, 5.74) is 3.13. The predicted octanol–water partition coefficient (Wildman–Crippen LogP) is 2.96. The molecule has 5 nitrogen and oxygen atoms in total. The van der Waals surface area contributed by atoms with Crippen LogP contribution in [0.1, 0.15) is 24.6 Å². The minimum Gasteiger partial charge on any atom is -0.291 e. The summed E-state index contributed by atoms with van der Waals surface area (Å²) >= 11 is 5.87. The number of anilines is 1. The van der Waals surface area contributed by atoms with Gasteiger partial charge in [-0.3, -0.25) is 9.78 Å². The minimum absolute atomic E-state index is 0.165. The number of aromatic nitrogens is 2. The van der Waals surface area contributed by atoms with Gasteiger partial charge in [0.15, 0.2) is 0 Å². The summed E-state index contributed by atoms with van der Waals surface area (Å²) in [5.74, 6) is -0.274. The normalized spacial score (nSPS) is 11.0. The highest BCUT2D eigenvalue weighted by Crippen LogP contribution is 2.16. The van der Waals surface area contributed by atoms with Gasteiger partial charge in [-0.1, -0.05) is 31.0 Å². The first-order valence-corrected chi connectivity index (χ1v) is 6.81. The molecule has 0 saturated heterocycles. The van der Waals surface area contributed by atoms with Crippen LogP contribution in [0.2, 0.25) is 5.02 Å². The molecule has 0 aliphatic heterocycles. The van der Waals surface area contributed by atoms with Crippen molar-refractivity contribution in [1.29, 1.82) is 0 Å². The number of H-pyrrole nitrogens is 1. The fourth-order valence-corrected chi connectivity index (χ4v) is 1.95. The highest BCUT2D eigenvalue weighted by molar-refractivity contribution is 6.33. The summed E-state index contributed by atoms with van der Waals surface area (Å²) < 4.78 is 13.5. The van der Waals surface area contributed by atoms with E-state index in [0.717, 1.165) is 6.42 Å². The van der Waals surface area contributed by atoms with Crippen LogP contribution in [-0.4, -0.2) is 16.2 Å². The van der Waals surface area contributed by atoms with E-state index in [1.165, 1.54) is 24.4 Å². The molecule has 0 radical (unpaired) electrons. The number of benzene rings is 1. The lowest BCUT2D eigenvalue weighted by molar-refractivity contribution is 0.626. The van der Waals surface area contributed by atoms with Crippen molar-refractivity contribution >= 4 is 23.8 Å². The van der Waals surface area contributed by atoms with Crippen LogP contribution in [0.15, 0.2) is 34.2 Å². The topological polar surface area (TPSA) is 70.1 Å². The molecule has 21 heavy (non-hydrogen) atoms. The number of aromatic amines is 1. The Balaban J connectivity index is 2.16. The summed E-state index contributed by atoms with van der Waals surface area (Å²) in [6.45, 7) is 1.99. The number of aryl methyl sites for hydroxylation is 1. The fourth-order valence-electron chi connectivity index (χ4n) is 1.74. The number of hydrogen-bond donors (Lipinski definition) is 2. The van der Waals surface area contributed by atoms with Crippen molar-refractivity contribution in [2.24, 2.45) is 5.10 Å². The number of nitrogens with zero attached hydrogens (tertiary/aromatic N) is 2. The minimum atomic E-state index is -0.478. The van der Waals surface area contributed by atoms with Gasteiger partial charge in [0.05, 0.1) is 11.2 Å². The lowest BCUT2D eigenvalue weighted by Crippen LogP contribution is -2.12. The Hall–Kier alpha value is -2.21. The van der Waals surface area contributed by atoms with Crippen LogP contribution >= 0.6 is 11.6 Å². The summed E-state index contributed by atoms with van der Waals surface area (Å²) in [7, 11) is 0. The Labute approximate surface area is 125 Å². The molecule has 0 atom stereocenters. The average Bonchev–Trinajstić information content (AvgIpc) is 2.42. The predicted molar refractivity (Wildman–Crippen MR) is 81.5 cm³/mol. The third-order valence-electron chi connectivity index (χ3n) is 2.66. The molecule has 0 aliphatic rings. The van der Waals surface area contributed by atoms with E-state index in [1.54, 1.807) is 6.07 Å². The van der Waals surface area contributed by atoms with Crippen molar-refractivity contribution in [3.05, 3.63) is 56.7 Å². The Kier molecular flexibility index (Phi) is 5.05. The van der Waals surface area contributed by atoms with E-state index in [9.17, 15) is 9.18 Å². The van der Waals surface area contributed by atoms with E-state index in [1.807, 2.05) is 6.92 Å². The van der Waals surface area contributed by atoms with Gasteiger partial charge in [0.25, 0.3) is 5.56 Å². The molecule has 0 saturated carbocycles. The third kappa shape index (κ3) is 4.13. The molecule has 1 heterocycles. The largest absolute Gasteiger partial charge is 0.291 e. The first-order chi connectivity index (χ1) is 10.1. The van der Waals surface area contributed by atoms with Crippen LogP contribution in [0.3, 0.4) is 0 Å². The van der Waals surface area contributed by atoms with Crippen LogP contribution in [-0.2, 0) is 6.42 Å². The van der Waals surface area contributed by atoms with Crippen LogP contribution in [0, 0.1) is 5.82 Å². The zero-order valence-electron chi connectivity index (χ0n) is 11.4. The lowest BCUT2D eigenvalue weighted by atomic mass is 10.2. The van der Waals surface area contributed by atoms with Gasteiger partial charge in [-0.15, -0.1) is 0 Å². The van der Waals surface area contributed by atoms with Crippen LogP contribution in [0.5, 0.6) is 0 Å². The second kappa shape index (κ2) is 6.99. The first kappa shape index (κ1) is 15.2. The van der Waals surface area contributed by atoms with Gasteiger partial charge in [0.1, 0.15) is 5.82 Å². The standard InChI is InChI=1S/C14H14ClFN4O/c1-2-4-9-7-13(21)19-14(18-9)20-17-8-10-11(15)5-3-6-12(10)16/h3,5-8H,2,4H2,1H3,(H2,18,19,20,21)/b17-8+. The maximum Gasteiger partial charge on any atom is 0.252 e. The average molecular weight is 309 g/mol. The van der Waals surface area contributed by atoms with Crippen molar-refractivity contribution in [2.75, 3.05) is 5.43 Å². The van der Waals surface area contributed by atoms with E-state index >= 15 is 0 Å². The molecule has 7 heteroatoms. The maximum atomic E-state index is 13.5. The maximum absolute atomic E-state index is 13.5. The highest BCUT2D eigenvalue weighted by Gasteiger charge is 2.04. The van der Waals surface area contributed by atoms with Crippen molar-refractivity contribution in [1.82, 2.24) is 9.97 Å². The number of halogens is 2. The fraction of sp³-hybridized carbons (Fsp3) is 0.214. The Morgan fingerprint density at radius 3 is 3.05 bits per heavy atom. The Bertz CT molecular complexity index is 694. The summed E-state index contributed by atoms with van der Waals surface area (Å²) in [6.07, 6.45) is 2.82. The Morgan fingerprint density at radius 1 is 1.52 bits per heavy atom. The van der Waals surface area contributed by atoms with Crippen molar-refractivity contribution < 1.29 is 4.39 Å². The Morgan fingerprint density at radius 2 is 2.33 bits per heavy atom. The van der Waals surface area contributed by atoms with E-state index in [-0.39, 0.29) is 22.1 Å². The van der Waals surface area contributed by atoms with Gasteiger partial charge in [-0.2, -0.15) is 5.10 Å². The van der Waals surface area contributed by atoms with Gasteiger partial charge in [0.2, 0.25) is 5.95 Å². The van der Waals surface area contributed by atoms with E-state index in [0.29, 0.717) is 12.1 Å². The molecule has 110 valence electrons. The molecule has 0 unspecified atom stereocenters. The van der Waals surface area contributed by atoms with E-state index < -0.39 is 5.82 Å². The van der Waals surface area contributed by atoms with Gasteiger partial charge >= 0.3 is 0 Å². The second-order valence-corrected chi connectivity index (χ2v) is 4.75. The summed E-state index contributed by atoms with van der Waals surface area (Å²) in [5, 5.41) is 4.10.